The van der Waals surface area contributed by atoms with Crippen LogP contribution in [0.25, 0.3) is 0 Å². The molecule has 0 aromatic heterocycles. The quantitative estimate of drug-likeness (QED) is 0.379. The number of carbonyl (C=O) groups is 3. The zero-order valence-electron chi connectivity index (χ0n) is 17.2. The first kappa shape index (κ1) is 23.1. The van der Waals surface area contributed by atoms with E-state index in [4.69, 9.17) is 4.74 Å². The molecule has 1 fully saturated rings. The van der Waals surface area contributed by atoms with Crippen LogP contribution in [0.5, 0.6) is 5.75 Å². The number of ether oxygens (including phenoxy) is 1. The summed E-state index contributed by atoms with van der Waals surface area (Å²) in [5.41, 5.74) is -0.474. The van der Waals surface area contributed by atoms with Gasteiger partial charge in [0.2, 0.25) is 11.8 Å². The summed E-state index contributed by atoms with van der Waals surface area (Å²) in [5, 5.41) is 14.9. The number of carbonyl (C=O) groups excluding carboxylic acids is 3. The topological polar surface area (TPSA) is 105 Å². The highest BCUT2D eigenvalue weighted by atomic mass is 32.1. The lowest BCUT2D eigenvalue weighted by Crippen LogP contribution is -2.60. The molecule has 1 saturated carbocycles. The van der Waals surface area contributed by atoms with E-state index in [1.807, 2.05) is 0 Å². The summed E-state index contributed by atoms with van der Waals surface area (Å²) in [4.78, 5) is 37.9. The van der Waals surface area contributed by atoms with Crippen molar-refractivity contribution in [3.05, 3.63) is 29.8 Å². The Bertz CT molecular complexity index is 742. The number of phenols is 1. The molecule has 29 heavy (non-hydrogen) atoms. The lowest BCUT2D eigenvalue weighted by Gasteiger charge is -2.31. The van der Waals surface area contributed by atoms with Gasteiger partial charge in [-0.25, -0.2) is 4.79 Å². The molecule has 0 spiro atoms. The molecule has 1 aliphatic carbocycles. The molecule has 1 aliphatic rings. The van der Waals surface area contributed by atoms with Crippen molar-refractivity contribution in [3.63, 3.8) is 0 Å². The predicted octanol–water partition coefficient (Wildman–Crippen LogP) is 2.12. The molecule has 8 heteroatoms. The maximum absolute atomic E-state index is 12.9. The largest absolute Gasteiger partial charge is 0.508 e. The summed E-state index contributed by atoms with van der Waals surface area (Å²) in [6.45, 7) is 5.06. The second kappa shape index (κ2) is 9.52. The van der Waals surface area contributed by atoms with Crippen molar-refractivity contribution in [3.8, 4) is 5.75 Å². The minimum Gasteiger partial charge on any atom is -0.508 e. The smallest absolute Gasteiger partial charge is 0.328 e. The van der Waals surface area contributed by atoms with E-state index in [1.54, 1.807) is 32.9 Å². The van der Waals surface area contributed by atoms with Crippen LogP contribution >= 0.6 is 12.6 Å². The summed E-state index contributed by atoms with van der Waals surface area (Å²) in [6, 6.07) is 5.45. The van der Waals surface area contributed by atoms with E-state index in [2.05, 4.69) is 23.3 Å². The zero-order valence-corrected chi connectivity index (χ0v) is 18.1. The Labute approximate surface area is 177 Å². The highest BCUT2D eigenvalue weighted by Crippen LogP contribution is 2.35. The summed E-state index contributed by atoms with van der Waals surface area (Å²) >= 11 is 4.52. The van der Waals surface area contributed by atoms with Crippen LogP contribution in [0.3, 0.4) is 0 Å². The first-order chi connectivity index (χ1) is 13.6. The third kappa shape index (κ3) is 6.13. The van der Waals surface area contributed by atoms with Crippen molar-refractivity contribution in [2.45, 2.75) is 69.2 Å². The lowest BCUT2D eigenvalue weighted by atomic mass is 9.98. The molecule has 0 bridgehead atoms. The number of hydrogen-bond acceptors (Lipinski definition) is 6. The average molecular weight is 423 g/mol. The lowest BCUT2D eigenvalue weighted by molar-refractivity contribution is -0.148. The molecular weight excluding hydrogens is 392 g/mol. The maximum Gasteiger partial charge on any atom is 0.328 e. The van der Waals surface area contributed by atoms with E-state index in [9.17, 15) is 19.5 Å². The molecule has 160 valence electrons. The normalized spacial score (nSPS) is 16.7. The standard InChI is InChI=1S/C21H30N2O5S/c1-4-28-17(25)16(13-14-7-9-15(24)10-8-14)22-18(26)20(2,3)23-19(27)21(29)11-5-6-12-21/h7-10,16,24,29H,4-6,11-13H2,1-3H3,(H,22,26)(H,23,27)/t16-/m0/s1. The molecule has 0 heterocycles. The molecule has 2 rings (SSSR count). The molecule has 0 unspecified atom stereocenters. The van der Waals surface area contributed by atoms with Gasteiger partial charge >= 0.3 is 5.97 Å². The van der Waals surface area contributed by atoms with Crippen LogP contribution in [0.15, 0.2) is 24.3 Å². The van der Waals surface area contributed by atoms with Crippen LogP contribution in [0.1, 0.15) is 52.0 Å². The third-order valence-corrected chi connectivity index (χ3v) is 5.75. The Kier molecular flexibility index (Phi) is 7.57. The summed E-state index contributed by atoms with van der Waals surface area (Å²) < 4.78 is 4.33. The SMILES string of the molecule is CCOC(=O)[C@H](Cc1ccc(O)cc1)NC(=O)C(C)(C)NC(=O)C1(S)CCCC1. The van der Waals surface area contributed by atoms with Gasteiger partial charge in [-0.3, -0.25) is 9.59 Å². The third-order valence-electron chi connectivity index (χ3n) is 5.10. The molecule has 1 atom stereocenters. The van der Waals surface area contributed by atoms with E-state index in [0.717, 1.165) is 18.4 Å². The van der Waals surface area contributed by atoms with Gasteiger partial charge in [0, 0.05) is 6.42 Å². The summed E-state index contributed by atoms with van der Waals surface area (Å²) in [5.74, 6) is -1.21. The first-order valence-corrected chi connectivity index (χ1v) is 10.3. The number of nitrogens with one attached hydrogen (secondary N) is 2. The fourth-order valence-electron chi connectivity index (χ4n) is 3.29. The van der Waals surface area contributed by atoms with Crippen molar-refractivity contribution in [2.24, 2.45) is 0 Å². The monoisotopic (exact) mass is 422 g/mol. The summed E-state index contributed by atoms with van der Waals surface area (Å²) in [6.07, 6.45) is 3.41. The van der Waals surface area contributed by atoms with E-state index < -0.39 is 28.2 Å². The van der Waals surface area contributed by atoms with Gasteiger partial charge < -0.3 is 20.5 Å². The minimum absolute atomic E-state index is 0.113. The number of hydrogen-bond donors (Lipinski definition) is 4. The van der Waals surface area contributed by atoms with E-state index in [1.165, 1.54) is 12.1 Å². The molecular formula is C21H30N2O5S. The second-order valence-corrected chi connectivity index (χ2v) is 8.82. The van der Waals surface area contributed by atoms with Gasteiger partial charge in [-0.15, -0.1) is 0 Å². The van der Waals surface area contributed by atoms with Crippen LogP contribution in [0.4, 0.5) is 0 Å². The van der Waals surface area contributed by atoms with Gasteiger partial charge in [0.25, 0.3) is 0 Å². The summed E-state index contributed by atoms with van der Waals surface area (Å²) in [7, 11) is 0. The Morgan fingerprint density at radius 1 is 1.21 bits per heavy atom. The van der Waals surface area contributed by atoms with Crippen molar-refractivity contribution >= 4 is 30.4 Å². The second-order valence-electron chi connectivity index (χ2n) is 7.97. The first-order valence-electron chi connectivity index (χ1n) is 9.88. The molecule has 1 aromatic rings. The number of aromatic hydroxyl groups is 1. The average Bonchev–Trinajstić information content (AvgIpc) is 3.10. The van der Waals surface area contributed by atoms with Gasteiger partial charge in [0.05, 0.1) is 11.4 Å². The number of thiol groups is 1. The predicted molar refractivity (Wildman–Crippen MR) is 113 cm³/mol. The van der Waals surface area contributed by atoms with Gasteiger partial charge in [-0.1, -0.05) is 25.0 Å². The fourth-order valence-corrected chi connectivity index (χ4v) is 3.66. The number of rotatable bonds is 8. The van der Waals surface area contributed by atoms with E-state index in [0.29, 0.717) is 12.8 Å². The van der Waals surface area contributed by atoms with E-state index >= 15 is 0 Å². The van der Waals surface area contributed by atoms with Crippen LogP contribution in [0, 0.1) is 0 Å². The van der Waals surface area contributed by atoms with Crippen LogP contribution in [-0.2, 0) is 25.5 Å². The molecule has 7 nitrogen and oxygen atoms in total. The Balaban J connectivity index is 2.09. The maximum atomic E-state index is 12.9. The highest BCUT2D eigenvalue weighted by molar-refractivity contribution is 7.82. The molecule has 0 saturated heterocycles. The van der Waals surface area contributed by atoms with Gasteiger partial charge in [-0.2, -0.15) is 12.6 Å². The number of esters is 1. The van der Waals surface area contributed by atoms with Crippen LogP contribution in [0.2, 0.25) is 0 Å². The number of benzene rings is 1. The number of amides is 2. The Hall–Kier alpha value is -2.22. The molecule has 2 amide bonds. The van der Waals surface area contributed by atoms with Gasteiger partial charge in [-0.05, 0) is 51.3 Å². The zero-order chi connectivity index (χ0) is 21.7. The van der Waals surface area contributed by atoms with Crippen LogP contribution < -0.4 is 10.6 Å². The molecule has 0 radical (unpaired) electrons. The van der Waals surface area contributed by atoms with Gasteiger partial charge in [0.1, 0.15) is 17.3 Å². The van der Waals surface area contributed by atoms with E-state index in [-0.39, 0.29) is 24.7 Å². The number of phenolic OH excluding ortho intramolecular Hbond substituents is 1. The highest BCUT2D eigenvalue weighted by Gasteiger charge is 2.42. The molecule has 0 aliphatic heterocycles. The fraction of sp³-hybridized carbons (Fsp3) is 0.571. The Morgan fingerprint density at radius 3 is 2.34 bits per heavy atom. The molecule has 3 N–H and O–H groups in total. The van der Waals surface area contributed by atoms with Crippen molar-refractivity contribution in [2.75, 3.05) is 6.61 Å². The van der Waals surface area contributed by atoms with Crippen molar-refractivity contribution < 1.29 is 24.2 Å². The van der Waals surface area contributed by atoms with Gasteiger partial charge in [0.15, 0.2) is 0 Å². The minimum atomic E-state index is -1.23. The van der Waals surface area contributed by atoms with Crippen LogP contribution in [-0.4, -0.2) is 45.8 Å². The van der Waals surface area contributed by atoms with Crippen molar-refractivity contribution in [1.82, 2.24) is 10.6 Å². The molecule has 1 aromatic carbocycles. The Morgan fingerprint density at radius 2 is 1.79 bits per heavy atom. The van der Waals surface area contributed by atoms with Crippen molar-refractivity contribution in [1.29, 1.82) is 0 Å².